The van der Waals surface area contributed by atoms with Crippen molar-refractivity contribution in [3.05, 3.63) is 51.9 Å². The first-order valence-electron chi connectivity index (χ1n) is 9.93. The van der Waals surface area contributed by atoms with E-state index in [4.69, 9.17) is 4.98 Å². The van der Waals surface area contributed by atoms with E-state index in [9.17, 15) is 9.59 Å². The molecule has 0 saturated carbocycles. The Labute approximate surface area is 174 Å². The molecule has 1 aromatic carbocycles. The Balaban J connectivity index is 1.75. The van der Waals surface area contributed by atoms with Crippen LogP contribution in [0.15, 0.2) is 40.3 Å². The van der Waals surface area contributed by atoms with E-state index < -0.39 is 0 Å². The highest BCUT2D eigenvalue weighted by molar-refractivity contribution is 7.98. The molecule has 0 fully saturated rings. The molecule has 29 heavy (non-hydrogen) atoms. The normalized spacial score (nSPS) is 13.5. The number of carbonyl (C=O) groups excluding carboxylic acids is 1. The number of carbonyl (C=O) groups is 1. The van der Waals surface area contributed by atoms with Gasteiger partial charge >= 0.3 is 0 Å². The van der Waals surface area contributed by atoms with Crippen LogP contribution in [0.25, 0.3) is 11.0 Å². The lowest BCUT2D eigenvalue weighted by Crippen LogP contribution is -2.33. The zero-order valence-corrected chi connectivity index (χ0v) is 18.1. The third-order valence-corrected chi connectivity index (χ3v) is 6.07. The minimum atomic E-state index is -0.0734. The van der Waals surface area contributed by atoms with Gasteiger partial charge in [-0.2, -0.15) is 0 Å². The average Bonchev–Trinajstić information content (AvgIpc) is 3.25. The van der Waals surface area contributed by atoms with Crippen molar-refractivity contribution < 1.29 is 4.79 Å². The molecule has 6 nitrogen and oxygen atoms in total. The van der Waals surface area contributed by atoms with E-state index in [2.05, 4.69) is 19.9 Å². The van der Waals surface area contributed by atoms with Crippen LogP contribution in [0.4, 0.5) is 5.69 Å². The van der Waals surface area contributed by atoms with Gasteiger partial charge in [0.05, 0.1) is 5.52 Å². The van der Waals surface area contributed by atoms with Gasteiger partial charge in [0.15, 0.2) is 5.16 Å². The summed E-state index contributed by atoms with van der Waals surface area (Å²) in [6, 6.07) is 9.92. The molecule has 0 aliphatic carbocycles. The molecule has 1 amide bonds. The van der Waals surface area contributed by atoms with Crippen molar-refractivity contribution in [3.8, 4) is 0 Å². The topological polar surface area (TPSA) is 60.1 Å². The van der Waals surface area contributed by atoms with E-state index >= 15 is 0 Å². The van der Waals surface area contributed by atoms with Crippen molar-refractivity contribution >= 4 is 34.4 Å². The Morgan fingerprint density at radius 3 is 2.72 bits per heavy atom. The van der Waals surface area contributed by atoms with E-state index in [0.717, 1.165) is 17.8 Å². The molecular weight excluding hydrogens is 384 g/mol. The summed E-state index contributed by atoms with van der Waals surface area (Å²) in [5.74, 6) is 0.324. The quantitative estimate of drug-likeness (QED) is 0.477. The Morgan fingerprint density at radius 2 is 2.00 bits per heavy atom. The highest BCUT2D eigenvalue weighted by Crippen LogP contribution is 2.28. The van der Waals surface area contributed by atoms with Crippen LogP contribution in [0.2, 0.25) is 0 Å². The highest BCUT2D eigenvalue weighted by atomic mass is 32.2. The van der Waals surface area contributed by atoms with Crippen LogP contribution < -0.4 is 10.5 Å². The van der Waals surface area contributed by atoms with Crippen LogP contribution in [-0.2, 0) is 24.3 Å². The summed E-state index contributed by atoms with van der Waals surface area (Å²) in [7, 11) is 0. The van der Waals surface area contributed by atoms with Crippen molar-refractivity contribution in [1.82, 2.24) is 14.1 Å². The number of rotatable bonds is 5. The maximum absolute atomic E-state index is 13.3. The first-order valence-corrected chi connectivity index (χ1v) is 11.2. The van der Waals surface area contributed by atoms with Gasteiger partial charge in [-0.15, -0.1) is 0 Å². The lowest BCUT2D eigenvalue weighted by atomic mass is 10.2. The lowest BCUT2D eigenvalue weighted by molar-refractivity contribution is -0.119. The molecule has 7 heteroatoms. The van der Waals surface area contributed by atoms with Crippen molar-refractivity contribution in [2.24, 2.45) is 5.92 Å². The zero-order chi connectivity index (χ0) is 20.7. The number of thioether (sulfide) groups is 1. The molecule has 1 aliphatic heterocycles. The fourth-order valence-corrected chi connectivity index (χ4v) is 4.62. The third kappa shape index (κ3) is 3.48. The summed E-state index contributed by atoms with van der Waals surface area (Å²) in [6.07, 6.45) is 2.80. The second-order valence-electron chi connectivity index (χ2n) is 7.94. The standard InChI is InChI=1S/C22H26N4O2S/c1-14(2)12-26-21(28)20-17(23-22(26)29-4)11-15(3)25(20)13-19(27)24-10-9-16-7-5-6-8-18(16)24/h5-8,11,14H,9-10,12-13H2,1-4H3. The van der Waals surface area contributed by atoms with Gasteiger partial charge in [0, 0.05) is 24.5 Å². The monoisotopic (exact) mass is 410 g/mol. The van der Waals surface area contributed by atoms with Gasteiger partial charge in [0.1, 0.15) is 12.1 Å². The van der Waals surface area contributed by atoms with Crippen LogP contribution in [0.5, 0.6) is 0 Å². The second-order valence-corrected chi connectivity index (χ2v) is 8.71. The summed E-state index contributed by atoms with van der Waals surface area (Å²) >= 11 is 1.48. The van der Waals surface area contributed by atoms with Gasteiger partial charge in [0.25, 0.3) is 5.56 Å². The number of nitrogens with zero attached hydrogens (tertiary/aromatic N) is 4. The van der Waals surface area contributed by atoms with Crippen LogP contribution in [0.3, 0.4) is 0 Å². The molecular formula is C22H26N4O2S. The van der Waals surface area contributed by atoms with E-state index in [-0.39, 0.29) is 18.0 Å². The number of hydrogen-bond donors (Lipinski definition) is 0. The number of aryl methyl sites for hydroxylation is 1. The number of hydrogen-bond acceptors (Lipinski definition) is 4. The maximum atomic E-state index is 13.3. The maximum Gasteiger partial charge on any atom is 0.278 e. The van der Waals surface area contributed by atoms with Crippen LogP contribution in [0, 0.1) is 12.8 Å². The van der Waals surface area contributed by atoms with Crippen molar-refractivity contribution in [3.63, 3.8) is 0 Å². The molecule has 0 bridgehead atoms. The van der Waals surface area contributed by atoms with Gasteiger partial charge in [-0.3, -0.25) is 14.2 Å². The summed E-state index contributed by atoms with van der Waals surface area (Å²) in [5, 5.41) is 0.716. The van der Waals surface area contributed by atoms with Crippen LogP contribution in [-0.4, -0.2) is 32.8 Å². The summed E-state index contributed by atoms with van der Waals surface area (Å²) in [4.78, 5) is 33.0. The molecule has 1 aliphatic rings. The van der Waals surface area contributed by atoms with Gasteiger partial charge < -0.3 is 9.47 Å². The van der Waals surface area contributed by atoms with E-state index in [0.29, 0.717) is 35.2 Å². The number of aromatic nitrogens is 3. The number of anilines is 1. The molecule has 0 N–H and O–H groups in total. The molecule has 3 aromatic rings. The Morgan fingerprint density at radius 1 is 1.24 bits per heavy atom. The first kappa shape index (κ1) is 19.8. The van der Waals surface area contributed by atoms with Crippen LogP contribution in [0.1, 0.15) is 25.1 Å². The number of benzene rings is 1. The molecule has 4 rings (SSSR count). The average molecular weight is 411 g/mol. The first-order chi connectivity index (χ1) is 13.9. The fraction of sp³-hybridized carbons (Fsp3) is 0.409. The summed E-state index contributed by atoms with van der Waals surface area (Å²) in [6.45, 7) is 7.52. The third-order valence-electron chi connectivity index (χ3n) is 5.39. The van der Waals surface area contributed by atoms with Gasteiger partial charge in [-0.1, -0.05) is 43.8 Å². The smallest absolute Gasteiger partial charge is 0.278 e. The van der Waals surface area contributed by atoms with Crippen LogP contribution >= 0.6 is 11.8 Å². The molecule has 0 spiro atoms. The van der Waals surface area contributed by atoms with Gasteiger partial charge in [-0.05, 0) is 43.2 Å². The molecule has 2 aromatic heterocycles. The largest absolute Gasteiger partial charge is 0.330 e. The molecule has 3 heterocycles. The number of amides is 1. The number of fused-ring (bicyclic) bond motifs is 2. The summed E-state index contributed by atoms with van der Waals surface area (Å²) < 4.78 is 3.57. The van der Waals surface area contributed by atoms with Crippen molar-refractivity contribution in [2.75, 3.05) is 17.7 Å². The highest BCUT2D eigenvalue weighted by Gasteiger charge is 2.26. The molecule has 0 atom stereocenters. The van der Waals surface area contributed by atoms with E-state index in [1.165, 1.54) is 17.3 Å². The minimum absolute atomic E-state index is 0.000646. The van der Waals surface area contributed by atoms with Gasteiger partial charge in [0.2, 0.25) is 5.91 Å². The molecule has 0 radical (unpaired) electrons. The fourth-order valence-electron chi connectivity index (χ4n) is 4.05. The van der Waals surface area contributed by atoms with Crippen molar-refractivity contribution in [1.29, 1.82) is 0 Å². The summed E-state index contributed by atoms with van der Waals surface area (Å²) in [5.41, 5.74) is 4.15. The van der Waals surface area contributed by atoms with Gasteiger partial charge in [-0.25, -0.2) is 4.98 Å². The molecule has 0 saturated heterocycles. The predicted octanol–water partition coefficient (Wildman–Crippen LogP) is 3.47. The second kappa shape index (κ2) is 7.71. The zero-order valence-electron chi connectivity index (χ0n) is 17.3. The Bertz CT molecular complexity index is 1150. The number of para-hydroxylation sites is 1. The Kier molecular flexibility index (Phi) is 5.25. The minimum Gasteiger partial charge on any atom is -0.330 e. The van der Waals surface area contributed by atoms with E-state index in [1.54, 1.807) is 4.57 Å². The predicted molar refractivity (Wildman–Crippen MR) is 118 cm³/mol. The van der Waals surface area contributed by atoms with Crippen molar-refractivity contribution in [2.45, 2.75) is 45.4 Å². The molecule has 152 valence electrons. The van der Waals surface area contributed by atoms with E-state index in [1.807, 2.05) is 46.9 Å². The molecule has 0 unspecified atom stereocenters. The SMILES string of the molecule is CSc1nc2cc(C)n(CC(=O)N3CCc4ccccc43)c2c(=O)n1CC(C)C. The Hall–Kier alpha value is -2.54. The lowest BCUT2D eigenvalue weighted by Gasteiger charge is -2.19.